The van der Waals surface area contributed by atoms with Crippen LogP contribution in [0.5, 0.6) is 0 Å². The zero-order chi connectivity index (χ0) is 13.4. The minimum absolute atomic E-state index is 0.0986. The molecule has 5 nitrogen and oxygen atoms in total. The van der Waals surface area contributed by atoms with E-state index in [0.717, 1.165) is 6.07 Å². The number of halogens is 4. The van der Waals surface area contributed by atoms with E-state index in [0.29, 0.717) is 6.07 Å². The summed E-state index contributed by atoms with van der Waals surface area (Å²) in [7, 11) is 0.813. The van der Waals surface area contributed by atoms with Gasteiger partial charge in [-0.25, -0.2) is 17.2 Å². The summed E-state index contributed by atoms with van der Waals surface area (Å²) in [5, 5.41) is 10.5. The molecule has 0 aliphatic carbocycles. The quantitative estimate of drug-likeness (QED) is 0.340. The van der Waals surface area contributed by atoms with Crippen molar-refractivity contribution in [3.05, 3.63) is 31.4 Å². The lowest BCUT2D eigenvalue weighted by atomic mass is 10.2. The third-order valence-corrected chi connectivity index (χ3v) is 4.40. The van der Waals surface area contributed by atoms with Gasteiger partial charge in [0.1, 0.15) is 4.90 Å². The van der Waals surface area contributed by atoms with E-state index in [-0.39, 0.29) is 3.57 Å². The van der Waals surface area contributed by atoms with Crippen LogP contribution in [0.4, 0.5) is 14.5 Å². The second-order valence-electron chi connectivity index (χ2n) is 2.84. The maximum absolute atomic E-state index is 12.5. The Hall–Kier alpha value is -0.550. The van der Waals surface area contributed by atoms with E-state index in [1.165, 1.54) is 22.6 Å². The summed E-state index contributed by atoms with van der Waals surface area (Å²) in [5.41, 5.74) is -1.82. The predicted octanol–water partition coefficient (Wildman–Crippen LogP) is 3.06. The first kappa shape index (κ1) is 14.5. The molecule has 0 spiro atoms. The lowest BCUT2D eigenvalue weighted by Gasteiger charge is -2.05. The largest absolute Gasteiger partial charge is 0.279 e. The van der Waals surface area contributed by atoms with Crippen molar-refractivity contribution in [2.24, 2.45) is 0 Å². The zero-order valence-corrected chi connectivity index (χ0v) is 11.5. The minimum Gasteiger partial charge on any atom is -0.258 e. The van der Waals surface area contributed by atoms with Crippen LogP contribution in [-0.4, -0.2) is 13.3 Å². The Bertz CT molecular complexity index is 577. The zero-order valence-electron chi connectivity index (χ0n) is 7.73. The molecule has 17 heavy (non-hydrogen) atoms. The van der Waals surface area contributed by atoms with Gasteiger partial charge in [0, 0.05) is 20.3 Å². The van der Waals surface area contributed by atoms with Crippen molar-refractivity contribution in [1.82, 2.24) is 0 Å². The molecule has 0 atom stereocenters. The summed E-state index contributed by atoms with van der Waals surface area (Å²) in [6, 6.07) is 1.27. The number of hydrogen-bond acceptors (Lipinski definition) is 4. The van der Waals surface area contributed by atoms with Crippen LogP contribution in [0.3, 0.4) is 0 Å². The van der Waals surface area contributed by atoms with Gasteiger partial charge < -0.3 is 0 Å². The van der Waals surface area contributed by atoms with E-state index in [1.54, 1.807) is 0 Å². The number of benzene rings is 1. The Balaban J connectivity index is 3.63. The van der Waals surface area contributed by atoms with Crippen molar-refractivity contribution >= 4 is 48.0 Å². The molecule has 0 radical (unpaired) electrons. The van der Waals surface area contributed by atoms with Crippen LogP contribution in [0.25, 0.3) is 0 Å². The molecule has 94 valence electrons. The van der Waals surface area contributed by atoms with E-state index < -0.39 is 36.5 Å². The molecule has 0 amide bonds. The van der Waals surface area contributed by atoms with Gasteiger partial charge in [-0.05, 0) is 28.7 Å². The fourth-order valence-corrected chi connectivity index (χ4v) is 3.76. The van der Waals surface area contributed by atoms with Gasteiger partial charge in [-0.3, -0.25) is 10.1 Å². The summed E-state index contributed by atoms with van der Waals surface area (Å²) in [6.45, 7) is 0. The van der Waals surface area contributed by atoms with Crippen molar-refractivity contribution in [3.8, 4) is 0 Å². The number of alkyl halides is 2. The Morgan fingerprint density at radius 2 is 1.94 bits per heavy atom. The van der Waals surface area contributed by atoms with Gasteiger partial charge in [-0.2, -0.15) is 0 Å². The molecule has 1 aromatic carbocycles. The summed E-state index contributed by atoms with van der Waals surface area (Å²) in [6.07, 6.45) is -3.07. The van der Waals surface area contributed by atoms with Gasteiger partial charge >= 0.3 is 0 Å². The smallest absolute Gasteiger partial charge is 0.258 e. The Morgan fingerprint density at radius 1 is 1.41 bits per heavy atom. The topological polar surface area (TPSA) is 77.3 Å². The summed E-state index contributed by atoms with van der Waals surface area (Å²) in [4.78, 5) is 8.91. The molecule has 1 aromatic rings. The average molecular weight is 398 g/mol. The molecule has 0 fully saturated rings. The molecule has 0 saturated carbocycles. The van der Waals surface area contributed by atoms with Crippen LogP contribution in [0.2, 0.25) is 0 Å². The van der Waals surface area contributed by atoms with E-state index in [1.807, 2.05) is 0 Å². The first-order valence-corrected chi connectivity index (χ1v) is 7.24. The standard InChI is InChI=1S/C7H3ClF2INO4S/c8-17(15,16)6-2-5(12(13)14)3(7(9)10)1-4(6)11/h1-2,7H. The highest BCUT2D eigenvalue weighted by Crippen LogP contribution is 2.34. The Labute approximate surface area is 112 Å². The molecule has 10 heteroatoms. The van der Waals surface area contributed by atoms with Gasteiger partial charge in [-0.1, -0.05) is 0 Å². The number of rotatable bonds is 3. The Kier molecular flexibility index (Phi) is 4.25. The molecule has 1 rings (SSSR count). The van der Waals surface area contributed by atoms with Crippen LogP contribution in [-0.2, 0) is 9.05 Å². The normalized spacial score (nSPS) is 11.8. The average Bonchev–Trinajstić information content (AvgIpc) is 2.14. The van der Waals surface area contributed by atoms with E-state index >= 15 is 0 Å². The van der Waals surface area contributed by atoms with Gasteiger partial charge in [0.2, 0.25) is 0 Å². The van der Waals surface area contributed by atoms with Crippen LogP contribution < -0.4 is 0 Å². The number of hydrogen-bond donors (Lipinski definition) is 0. The van der Waals surface area contributed by atoms with Gasteiger partial charge in [0.05, 0.1) is 10.5 Å². The molecule has 0 saturated heterocycles. The van der Waals surface area contributed by atoms with E-state index in [2.05, 4.69) is 0 Å². The third kappa shape index (κ3) is 3.22. The summed E-state index contributed by atoms with van der Waals surface area (Å²) >= 11 is 1.47. The van der Waals surface area contributed by atoms with Crippen LogP contribution in [0, 0.1) is 13.7 Å². The Morgan fingerprint density at radius 3 is 2.29 bits per heavy atom. The highest BCUT2D eigenvalue weighted by Gasteiger charge is 2.27. The number of nitro groups is 1. The van der Waals surface area contributed by atoms with Crippen LogP contribution in [0.15, 0.2) is 17.0 Å². The monoisotopic (exact) mass is 397 g/mol. The minimum atomic E-state index is -4.22. The molecule has 0 aliphatic rings. The molecule has 0 bridgehead atoms. The van der Waals surface area contributed by atoms with Crippen molar-refractivity contribution in [1.29, 1.82) is 0 Å². The first-order valence-electron chi connectivity index (χ1n) is 3.85. The van der Waals surface area contributed by atoms with Crippen molar-refractivity contribution in [2.75, 3.05) is 0 Å². The highest BCUT2D eigenvalue weighted by atomic mass is 127. The second kappa shape index (κ2) is 4.98. The predicted molar refractivity (Wildman–Crippen MR) is 63.8 cm³/mol. The van der Waals surface area contributed by atoms with Crippen LogP contribution in [0.1, 0.15) is 12.0 Å². The molecule has 0 aromatic heterocycles. The molecular weight excluding hydrogens is 395 g/mol. The second-order valence-corrected chi connectivity index (χ2v) is 6.53. The third-order valence-electron chi connectivity index (χ3n) is 1.78. The van der Waals surface area contributed by atoms with E-state index in [4.69, 9.17) is 10.7 Å². The molecule has 0 unspecified atom stereocenters. The molecule has 0 N–H and O–H groups in total. The van der Waals surface area contributed by atoms with Gasteiger partial charge in [-0.15, -0.1) is 0 Å². The van der Waals surface area contributed by atoms with Gasteiger partial charge in [0.15, 0.2) is 0 Å². The molecular formula is C7H3ClF2INO4S. The lowest BCUT2D eigenvalue weighted by Crippen LogP contribution is -2.02. The maximum atomic E-state index is 12.5. The fraction of sp³-hybridized carbons (Fsp3) is 0.143. The maximum Gasteiger partial charge on any atom is 0.279 e. The SMILES string of the molecule is O=[N+]([O-])c1cc(S(=O)(=O)Cl)c(I)cc1C(F)F. The first-order chi connectivity index (χ1) is 7.64. The number of nitrogens with zero attached hydrogens (tertiary/aromatic N) is 1. The highest BCUT2D eigenvalue weighted by molar-refractivity contribution is 14.1. The number of nitro benzene ring substituents is 1. The lowest BCUT2D eigenvalue weighted by molar-refractivity contribution is -0.386. The fourth-order valence-electron chi connectivity index (χ4n) is 1.08. The van der Waals surface area contributed by atoms with Crippen molar-refractivity contribution in [3.63, 3.8) is 0 Å². The van der Waals surface area contributed by atoms with Gasteiger partial charge in [0.25, 0.3) is 21.2 Å². The van der Waals surface area contributed by atoms with Crippen LogP contribution >= 0.6 is 33.3 Å². The molecule has 0 aliphatic heterocycles. The van der Waals surface area contributed by atoms with Crippen molar-refractivity contribution in [2.45, 2.75) is 11.3 Å². The van der Waals surface area contributed by atoms with Crippen molar-refractivity contribution < 1.29 is 22.1 Å². The molecule has 0 heterocycles. The summed E-state index contributed by atoms with van der Waals surface area (Å²) < 4.78 is 47.0. The van der Waals surface area contributed by atoms with E-state index in [9.17, 15) is 27.3 Å². The summed E-state index contributed by atoms with van der Waals surface area (Å²) in [5.74, 6) is 0.